The van der Waals surface area contributed by atoms with Crippen LogP contribution in [-0.2, 0) is 18.4 Å². The Kier molecular flexibility index (Phi) is 4.02. The highest BCUT2D eigenvalue weighted by Crippen LogP contribution is 2.32. The van der Waals surface area contributed by atoms with Crippen molar-refractivity contribution in [2.24, 2.45) is 7.05 Å². The molecule has 27 heavy (non-hydrogen) atoms. The highest BCUT2D eigenvalue weighted by molar-refractivity contribution is 6.07. The predicted octanol–water partition coefficient (Wildman–Crippen LogP) is 2.93. The summed E-state index contributed by atoms with van der Waals surface area (Å²) in [7, 11) is 3.74. The number of amides is 1. The van der Waals surface area contributed by atoms with Gasteiger partial charge in [-0.25, -0.2) is 14.4 Å². The minimum absolute atomic E-state index is 0.142. The average Bonchev–Trinajstić information content (AvgIpc) is 3.23. The zero-order valence-electron chi connectivity index (χ0n) is 15.2. The number of hydrogen-bond donors (Lipinski definition) is 3. The molecular weight excluding hydrogens is 347 g/mol. The van der Waals surface area contributed by atoms with Crippen molar-refractivity contribution in [3.05, 3.63) is 42.0 Å². The number of anilines is 1. The minimum atomic E-state index is -0.353. The number of H-pyrrole nitrogens is 1. The number of pyridine rings is 1. The molecule has 4 aromatic rings. The smallest absolute Gasteiger partial charge is 0.217 e. The normalized spacial score (nSPS) is 11.3. The van der Waals surface area contributed by atoms with Gasteiger partial charge >= 0.3 is 0 Å². The Morgan fingerprint density at radius 2 is 2.15 bits per heavy atom. The maximum atomic E-state index is 14.1. The fraction of sp³-hybridized carbons (Fsp3) is 0.211. The summed E-state index contributed by atoms with van der Waals surface area (Å²) in [4.78, 5) is 23.5. The first-order chi connectivity index (χ1) is 13.0. The first kappa shape index (κ1) is 17.0. The first-order valence-electron chi connectivity index (χ1n) is 8.52. The summed E-state index contributed by atoms with van der Waals surface area (Å²) in [6, 6.07) is 6.83. The van der Waals surface area contributed by atoms with Crippen LogP contribution < -0.4 is 10.6 Å². The number of aryl methyl sites for hydroxylation is 1. The molecule has 0 spiro atoms. The van der Waals surface area contributed by atoms with Gasteiger partial charge in [-0.15, -0.1) is 0 Å². The van der Waals surface area contributed by atoms with Crippen LogP contribution in [0.2, 0.25) is 0 Å². The Hall–Kier alpha value is -3.42. The molecule has 8 heteroatoms. The fourth-order valence-electron chi connectivity index (χ4n) is 3.23. The molecule has 0 fully saturated rings. The molecule has 1 aromatic carbocycles. The zero-order valence-corrected chi connectivity index (χ0v) is 15.2. The Bertz CT molecular complexity index is 1180. The van der Waals surface area contributed by atoms with Crippen molar-refractivity contribution < 1.29 is 9.18 Å². The number of carbonyl (C=O) groups excluding carboxylic acids is 1. The van der Waals surface area contributed by atoms with Gasteiger partial charge in [-0.05, 0) is 29.8 Å². The summed E-state index contributed by atoms with van der Waals surface area (Å²) in [6.07, 6.45) is 1.75. The van der Waals surface area contributed by atoms with Crippen LogP contribution in [0.25, 0.3) is 33.3 Å². The second-order valence-electron chi connectivity index (χ2n) is 6.42. The summed E-state index contributed by atoms with van der Waals surface area (Å²) in [5, 5.41) is 6.64. The van der Waals surface area contributed by atoms with Gasteiger partial charge in [0.2, 0.25) is 5.91 Å². The number of hydrogen-bond acceptors (Lipinski definition) is 4. The van der Waals surface area contributed by atoms with Crippen LogP contribution >= 0.6 is 0 Å². The molecule has 1 amide bonds. The van der Waals surface area contributed by atoms with Crippen molar-refractivity contribution >= 4 is 33.8 Å². The van der Waals surface area contributed by atoms with Gasteiger partial charge in [0.05, 0.1) is 11.8 Å². The monoisotopic (exact) mass is 366 g/mol. The number of halogens is 1. The highest BCUT2D eigenvalue weighted by atomic mass is 19.1. The van der Waals surface area contributed by atoms with Crippen molar-refractivity contribution in [3.8, 4) is 11.3 Å². The summed E-state index contributed by atoms with van der Waals surface area (Å²) in [6.45, 7) is 1.55. The molecule has 4 rings (SSSR count). The minimum Gasteiger partial charge on any atom is -0.371 e. The van der Waals surface area contributed by atoms with Crippen molar-refractivity contribution in [1.82, 2.24) is 24.8 Å². The topological polar surface area (TPSA) is 87.6 Å². The van der Waals surface area contributed by atoms with Gasteiger partial charge in [0.1, 0.15) is 17.0 Å². The molecule has 7 nitrogen and oxygen atoms in total. The second kappa shape index (κ2) is 6.39. The van der Waals surface area contributed by atoms with E-state index >= 15 is 0 Å². The number of nitrogens with one attached hydrogen (secondary N) is 3. The van der Waals surface area contributed by atoms with Crippen LogP contribution in [0.1, 0.15) is 12.5 Å². The van der Waals surface area contributed by atoms with Crippen LogP contribution in [0.15, 0.2) is 30.6 Å². The molecule has 3 heterocycles. The van der Waals surface area contributed by atoms with E-state index in [2.05, 4.69) is 25.6 Å². The van der Waals surface area contributed by atoms with Crippen molar-refractivity contribution in [2.75, 3.05) is 12.4 Å². The predicted molar refractivity (Wildman–Crippen MR) is 103 cm³/mol. The number of rotatable bonds is 4. The van der Waals surface area contributed by atoms with Gasteiger partial charge in [0.15, 0.2) is 5.82 Å². The molecule has 138 valence electrons. The highest BCUT2D eigenvalue weighted by Gasteiger charge is 2.15. The molecular formula is C19H19FN6O. The van der Waals surface area contributed by atoms with Gasteiger partial charge in [0, 0.05) is 44.2 Å². The van der Waals surface area contributed by atoms with Crippen molar-refractivity contribution in [3.63, 3.8) is 0 Å². The lowest BCUT2D eigenvalue weighted by atomic mass is 10.1. The lowest BCUT2D eigenvalue weighted by Gasteiger charge is -2.06. The zero-order chi connectivity index (χ0) is 19.1. The summed E-state index contributed by atoms with van der Waals surface area (Å²) in [5.41, 5.74) is 4.54. The third-order valence-electron chi connectivity index (χ3n) is 4.56. The summed E-state index contributed by atoms with van der Waals surface area (Å²) in [5.74, 6) is 0.137. The standard InChI is InChI=1S/C19H19FN6O/c1-10(27)22-8-12-6-11(4-5-14(12)20)15-7-13-17-16(23-9-26(17)3)19(21-2)25-18(13)24-15/h4-7,9H,8H2,1-3H3,(H,22,27)(H2,21,24,25). The second-order valence-corrected chi connectivity index (χ2v) is 6.42. The molecule has 0 unspecified atom stereocenters. The number of carbonyl (C=O) groups is 1. The molecule has 0 aliphatic rings. The number of imidazole rings is 1. The Morgan fingerprint density at radius 1 is 1.33 bits per heavy atom. The van der Waals surface area contributed by atoms with E-state index in [1.807, 2.05) is 17.7 Å². The maximum Gasteiger partial charge on any atom is 0.217 e. The van der Waals surface area contributed by atoms with E-state index in [9.17, 15) is 9.18 Å². The number of nitrogens with zero attached hydrogens (tertiary/aromatic N) is 3. The third kappa shape index (κ3) is 2.88. The number of benzene rings is 1. The molecule has 0 atom stereocenters. The van der Waals surface area contributed by atoms with E-state index in [1.165, 1.54) is 13.0 Å². The summed E-state index contributed by atoms with van der Waals surface area (Å²) < 4.78 is 16.0. The maximum absolute atomic E-state index is 14.1. The molecule has 0 aliphatic carbocycles. The van der Waals surface area contributed by atoms with Gasteiger partial charge in [-0.2, -0.15) is 0 Å². The molecule has 0 saturated heterocycles. The van der Waals surface area contributed by atoms with Gasteiger partial charge < -0.3 is 20.2 Å². The van der Waals surface area contributed by atoms with Crippen LogP contribution in [0.5, 0.6) is 0 Å². The molecule has 0 saturated carbocycles. The average molecular weight is 366 g/mol. The van der Waals surface area contributed by atoms with Crippen molar-refractivity contribution in [1.29, 1.82) is 0 Å². The number of fused-ring (bicyclic) bond motifs is 3. The van der Waals surface area contributed by atoms with E-state index in [1.54, 1.807) is 25.5 Å². The SMILES string of the molecule is CNc1nc2[nH]c(-c3ccc(F)c(CNC(C)=O)c3)cc2c2c1ncn2C. The molecule has 3 N–H and O–H groups in total. The number of aromatic nitrogens is 4. The lowest BCUT2D eigenvalue weighted by Crippen LogP contribution is -2.19. The third-order valence-corrected chi connectivity index (χ3v) is 4.56. The van der Waals surface area contributed by atoms with Crippen LogP contribution in [0.3, 0.4) is 0 Å². The summed E-state index contributed by atoms with van der Waals surface area (Å²) >= 11 is 0. The van der Waals surface area contributed by atoms with Gasteiger partial charge in [0.25, 0.3) is 0 Å². The van der Waals surface area contributed by atoms with Gasteiger partial charge in [-0.1, -0.05) is 0 Å². The fourth-order valence-corrected chi connectivity index (χ4v) is 3.23. The number of aromatic amines is 1. The molecule has 3 aromatic heterocycles. The Balaban J connectivity index is 1.85. The van der Waals surface area contributed by atoms with Crippen LogP contribution in [-0.4, -0.2) is 32.5 Å². The van der Waals surface area contributed by atoms with E-state index in [0.717, 1.165) is 33.3 Å². The quantitative estimate of drug-likeness (QED) is 0.518. The van der Waals surface area contributed by atoms with Crippen LogP contribution in [0, 0.1) is 5.82 Å². The largest absolute Gasteiger partial charge is 0.371 e. The Labute approximate surface area is 154 Å². The Morgan fingerprint density at radius 3 is 2.89 bits per heavy atom. The first-order valence-corrected chi connectivity index (χ1v) is 8.52. The van der Waals surface area contributed by atoms with E-state index in [0.29, 0.717) is 11.4 Å². The van der Waals surface area contributed by atoms with Crippen molar-refractivity contribution in [2.45, 2.75) is 13.5 Å². The van der Waals surface area contributed by atoms with Gasteiger partial charge in [-0.3, -0.25) is 4.79 Å². The molecule has 0 aliphatic heterocycles. The van der Waals surface area contributed by atoms with E-state index < -0.39 is 0 Å². The molecule has 0 bridgehead atoms. The lowest BCUT2D eigenvalue weighted by molar-refractivity contribution is -0.119. The van der Waals surface area contributed by atoms with Crippen LogP contribution in [0.4, 0.5) is 10.2 Å². The van der Waals surface area contributed by atoms with E-state index in [4.69, 9.17) is 0 Å². The van der Waals surface area contributed by atoms with E-state index in [-0.39, 0.29) is 18.3 Å². The molecule has 0 radical (unpaired) electrons.